The fourth-order valence-electron chi connectivity index (χ4n) is 2.20. The minimum absolute atomic E-state index is 0.123. The molecule has 5 heteroatoms. The van der Waals surface area contributed by atoms with Crippen LogP contribution in [0.3, 0.4) is 0 Å². The van der Waals surface area contributed by atoms with Gasteiger partial charge in [-0.1, -0.05) is 6.07 Å². The topological polar surface area (TPSA) is 36.3 Å². The van der Waals surface area contributed by atoms with E-state index in [1.807, 2.05) is 6.92 Å². The van der Waals surface area contributed by atoms with Crippen LogP contribution >= 0.6 is 11.6 Å². The van der Waals surface area contributed by atoms with Crippen LogP contribution in [-0.4, -0.2) is 36.5 Å². The van der Waals surface area contributed by atoms with Crippen molar-refractivity contribution in [1.82, 2.24) is 9.55 Å². The van der Waals surface area contributed by atoms with Crippen molar-refractivity contribution in [2.75, 3.05) is 26.9 Å². The van der Waals surface area contributed by atoms with Gasteiger partial charge in [0.2, 0.25) is 0 Å². The normalized spacial score (nSPS) is 13.0. The van der Waals surface area contributed by atoms with E-state index < -0.39 is 0 Å². The number of aromatic nitrogens is 2. The van der Waals surface area contributed by atoms with Gasteiger partial charge >= 0.3 is 0 Å². The van der Waals surface area contributed by atoms with Crippen LogP contribution in [0, 0.1) is 6.92 Å². The zero-order chi connectivity index (χ0) is 14.5. The van der Waals surface area contributed by atoms with Gasteiger partial charge in [0.1, 0.15) is 5.82 Å². The van der Waals surface area contributed by atoms with E-state index in [1.54, 1.807) is 7.11 Å². The second-order valence-electron chi connectivity index (χ2n) is 4.83. The van der Waals surface area contributed by atoms with Gasteiger partial charge < -0.3 is 14.0 Å². The monoisotopic (exact) mass is 296 g/mol. The Morgan fingerprint density at radius 1 is 1.30 bits per heavy atom. The first-order valence-corrected chi connectivity index (χ1v) is 7.24. The summed E-state index contributed by atoms with van der Waals surface area (Å²) < 4.78 is 12.6. The van der Waals surface area contributed by atoms with Gasteiger partial charge in [-0.15, -0.1) is 11.6 Å². The lowest BCUT2D eigenvalue weighted by atomic mass is 10.2. The van der Waals surface area contributed by atoms with E-state index >= 15 is 0 Å². The molecule has 0 bridgehead atoms. The SMILES string of the molecule is COCCOCCn1c(C(C)Cl)nc2cc(C)ccc21. The van der Waals surface area contributed by atoms with Crippen LogP contribution in [0.4, 0.5) is 0 Å². The first kappa shape index (κ1) is 15.3. The predicted molar refractivity (Wildman–Crippen MR) is 81.4 cm³/mol. The summed E-state index contributed by atoms with van der Waals surface area (Å²) in [7, 11) is 1.67. The Labute approximate surface area is 124 Å². The number of nitrogens with zero attached hydrogens (tertiary/aromatic N) is 2. The molecule has 0 saturated carbocycles. The number of hydrogen-bond acceptors (Lipinski definition) is 3. The molecule has 0 amide bonds. The van der Waals surface area contributed by atoms with Crippen LogP contribution in [0.1, 0.15) is 23.7 Å². The van der Waals surface area contributed by atoms with Gasteiger partial charge in [-0.3, -0.25) is 0 Å². The summed E-state index contributed by atoms with van der Waals surface area (Å²) in [5.41, 5.74) is 3.30. The van der Waals surface area contributed by atoms with Gasteiger partial charge in [-0.05, 0) is 31.5 Å². The second kappa shape index (κ2) is 7.07. The molecule has 4 nitrogen and oxygen atoms in total. The van der Waals surface area contributed by atoms with Gasteiger partial charge in [-0.25, -0.2) is 4.98 Å². The second-order valence-corrected chi connectivity index (χ2v) is 5.49. The molecule has 110 valence electrons. The van der Waals surface area contributed by atoms with Crippen LogP contribution < -0.4 is 0 Å². The molecule has 0 aliphatic carbocycles. The summed E-state index contributed by atoms with van der Waals surface area (Å²) in [5, 5.41) is -0.123. The number of rotatable bonds is 7. The standard InChI is InChI=1S/C15H21ClN2O2/c1-11-4-5-14-13(10-11)17-15(12(2)16)18(14)6-7-20-9-8-19-3/h4-5,10,12H,6-9H2,1-3H3. The van der Waals surface area contributed by atoms with Crippen molar-refractivity contribution >= 4 is 22.6 Å². The third-order valence-corrected chi connectivity index (χ3v) is 3.38. The Bertz CT molecular complexity index is 566. The summed E-state index contributed by atoms with van der Waals surface area (Å²) in [5.74, 6) is 0.891. The highest BCUT2D eigenvalue weighted by Crippen LogP contribution is 2.25. The molecule has 20 heavy (non-hydrogen) atoms. The van der Waals surface area contributed by atoms with Crippen molar-refractivity contribution in [3.05, 3.63) is 29.6 Å². The number of methoxy groups -OCH3 is 1. The number of aryl methyl sites for hydroxylation is 1. The summed E-state index contributed by atoms with van der Waals surface area (Å²) in [6.45, 7) is 6.60. The highest BCUT2D eigenvalue weighted by molar-refractivity contribution is 6.20. The molecule has 1 aromatic heterocycles. The lowest BCUT2D eigenvalue weighted by Crippen LogP contribution is -2.12. The molecule has 1 atom stereocenters. The van der Waals surface area contributed by atoms with Crippen LogP contribution in [0.15, 0.2) is 18.2 Å². The Balaban J connectivity index is 2.18. The number of halogens is 1. The van der Waals surface area contributed by atoms with Crippen LogP contribution in [0.5, 0.6) is 0 Å². The van der Waals surface area contributed by atoms with Crippen LogP contribution in [0.2, 0.25) is 0 Å². The predicted octanol–water partition coefficient (Wildman–Crippen LogP) is 3.31. The number of benzene rings is 1. The number of imidazole rings is 1. The van der Waals surface area contributed by atoms with Crippen molar-refractivity contribution in [2.45, 2.75) is 25.8 Å². The summed E-state index contributed by atoms with van der Waals surface area (Å²) in [4.78, 5) is 4.64. The number of hydrogen-bond donors (Lipinski definition) is 0. The van der Waals surface area contributed by atoms with Gasteiger partial charge in [0, 0.05) is 13.7 Å². The van der Waals surface area contributed by atoms with Crippen molar-refractivity contribution in [3.63, 3.8) is 0 Å². The average Bonchev–Trinajstić information content (AvgIpc) is 2.76. The Hall–Kier alpha value is -1.10. The van der Waals surface area contributed by atoms with Crippen LogP contribution in [-0.2, 0) is 16.0 Å². The number of ether oxygens (including phenoxy) is 2. The van der Waals surface area contributed by atoms with Crippen molar-refractivity contribution in [3.8, 4) is 0 Å². The smallest absolute Gasteiger partial charge is 0.127 e. The van der Waals surface area contributed by atoms with E-state index in [1.165, 1.54) is 5.56 Å². The van der Waals surface area contributed by atoms with E-state index in [2.05, 4.69) is 34.7 Å². The highest BCUT2D eigenvalue weighted by atomic mass is 35.5. The van der Waals surface area contributed by atoms with Crippen molar-refractivity contribution < 1.29 is 9.47 Å². The quantitative estimate of drug-likeness (QED) is 0.581. The zero-order valence-electron chi connectivity index (χ0n) is 12.2. The average molecular weight is 297 g/mol. The zero-order valence-corrected chi connectivity index (χ0v) is 13.0. The molecule has 2 aromatic rings. The van der Waals surface area contributed by atoms with E-state index in [4.69, 9.17) is 21.1 Å². The number of fused-ring (bicyclic) bond motifs is 1. The third-order valence-electron chi connectivity index (χ3n) is 3.18. The van der Waals surface area contributed by atoms with Gasteiger partial charge in [-0.2, -0.15) is 0 Å². The minimum Gasteiger partial charge on any atom is -0.382 e. The summed E-state index contributed by atoms with van der Waals surface area (Å²) in [6.07, 6.45) is 0. The van der Waals surface area contributed by atoms with Crippen molar-refractivity contribution in [2.24, 2.45) is 0 Å². The fourth-order valence-corrected chi connectivity index (χ4v) is 2.36. The first-order valence-electron chi connectivity index (χ1n) is 6.81. The van der Waals surface area contributed by atoms with Gasteiger partial charge in [0.15, 0.2) is 0 Å². The maximum Gasteiger partial charge on any atom is 0.127 e. The molecule has 0 fully saturated rings. The molecule has 0 saturated heterocycles. The lowest BCUT2D eigenvalue weighted by molar-refractivity contribution is 0.0667. The highest BCUT2D eigenvalue weighted by Gasteiger charge is 2.14. The van der Waals surface area contributed by atoms with Crippen LogP contribution in [0.25, 0.3) is 11.0 Å². The maximum absolute atomic E-state index is 6.24. The maximum atomic E-state index is 6.24. The molecule has 1 unspecified atom stereocenters. The third kappa shape index (κ3) is 3.51. The Morgan fingerprint density at radius 3 is 2.80 bits per heavy atom. The molecular weight excluding hydrogens is 276 g/mol. The molecule has 1 heterocycles. The van der Waals surface area contributed by atoms with Gasteiger partial charge in [0.05, 0.1) is 36.2 Å². The molecule has 0 aliphatic rings. The molecule has 0 spiro atoms. The number of alkyl halides is 1. The molecular formula is C15H21ClN2O2. The Morgan fingerprint density at radius 2 is 2.10 bits per heavy atom. The van der Waals surface area contributed by atoms with E-state index in [-0.39, 0.29) is 5.38 Å². The fraction of sp³-hybridized carbons (Fsp3) is 0.533. The first-order chi connectivity index (χ1) is 9.63. The van der Waals surface area contributed by atoms with E-state index in [9.17, 15) is 0 Å². The lowest BCUT2D eigenvalue weighted by Gasteiger charge is -2.11. The molecule has 0 N–H and O–H groups in total. The minimum atomic E-state index is -0.123. The van der Waals surface area contributed by atoms with Gasteiger partial charge in [0.25, 0.3) is 0 Å². The van der Waals surface area contributed by atoms with E-state index in [0.717, 1.165) is 23.4 Å². The molecule has 0 aliphatic heterocycles. The Kier molecular flexibility index (Phi) is 5.40. The molecule has 2 rings (SSSR count). The molecule has 1 aromatic carbocycles. The summed E-state index contributed by atoms with van der Waals surface area (Å²) >= 11 is 6.24. The largest absolute Gasteiger partial charge is 0.382 e. The van der Waals surface area contributed by atoms with E-state index in [0.29, 0.717) is 19.8 Å². The van der Waals surface area contributed by atoms with Crippen molar-refractivity contribution in [1.29, 1.82) is 0 Å². The summed E-state index contributed by atoms with van der Waals surface area (Å²) in [6, 6.07) is 6.27. The molecule has 0 radical (unpaired) electrons.